The van der Waals surface area contributed by atoms with Gasteiger partial charge < -0.3 is 5.32 Å². The van der Waals surface area contributed by atoms with Gasteiger partial charge in [-0.2, -0.15) is 20.4 Å². The molecular weight excluding hydrogens is 543 g/mol. The lowest BCUT2D eigenvalue weighted by atomic mass is 10.2. The molecule has 1 aliphatic rings. The van der Waals surface area contributed by atoms with Gasteiger partial charge in [0.05, 0.1) is 9.79 Å². The number of thioether (sulfide) groups is 1. The predicted molar refractivity (Wildman–Crippen MR) is 150 cm³/mol. The Morgan fingerprint density at radius 3 is 2.13 bits per heavy atom. The van der Waals surface area contributed by atoms with Crippen LogP contribution in [0.4, 0.5) is 0 Å². The second kappa shape index (κ2) is 12.4. The van der Waals surface area contributed by atoms with Crippen LogP contribution in [-0.2, 0) is 30.6 Å². The average Bonchev–Trinajstić information content (AvgIpc) is 2.93. The molecule has 1 saturated heterocycles. The van der Waals surface area contributed by atoms with Gasteiger partial charge in [0.2, 0.25) is 26.0 Å². The number of benzene rings is 3. The van der Waals surface area contributed by atoms with Crippen LogP contribution in [0, 0.1) is 6.92 Å². The van der Waals surface area contributed by atoms with E-state index in [-0.39, 0.29) is 29.4 Å². The molecule has 8 nitrogen and oxygen atoms in total. The molecule has 1 fully saturated rings. The van der Waals surface area contributed by atoms with Crippen molar-refractivity contribution >= 4 is 37.7 Å². The smallest absolute Gasteiger partial charge is 0.243 e. The molecule has 1 aliphatic heterocycles. The zero-order valence-corrected chi connectivity index (χ0v) is 23.5. The second-order valence-corrected chi connectivity index (χ2v) is 13.9. The molecule has 3 aromatic rings. The maximum Gasteiger partial charge on any atom is 0.243 e. The lowest BCUT2D eigenvalue weighted by Gasteiger charge is -2.38. The summed E-state index contributed by atoms with van der Waals surface area (Å²) in [6.45, 7) is 1.90. The van der Waals surface area contributed by atoms with Crippen LogP contribution in [0.3, 0.4) is 0 Å². The third kappa shape index (κ3) is 6.65. The first-order chi connectivity index (χ1) is 18.2. The number of carbonyl (C=O) groups excluding carboxylic acids is 1. The van der Waals surface area contributed by atoms with E-state index in [9.17, 15) is 21.6 Å². The van der Waals surface area contributed by atoms with Crippen LogP contribution in [0.25, 0.3) is 0 Å². The van der Waals surface area contributed by atoms with Crippen molar-refractivity contribution in [3.8, 4) is 0 Å². The van der Waals surface area contributed by atoms with Gasteiger partial charge in [-0.3, -0.25) is 4.79 Å². The summed E-state index contributed by atoms with van der Waals surface area (Å²) in [4.78, 5) is 13.5. The van der Waals surface area contributed by atoms with Gasteiger partial charge in [0.25, 0.3) is 0 Å². The molecule has 0 bridgehead atoms. The van der Waals surface area contributed by atoms with Gasteiger partial charge in [-0.25, -0.2) is 16.8 Å². The van der Waals surface area contributed by atoms with Gasteiger partial charge in [-0.15, -0.1) is 0 Å². The number of nitrogens with one attached hydrogen (secondary N) is 1. The summed E-state index contributed by atoms with van der Waals surface area (Å²) in [6, 6.07) is 22.8. The van der Waals surface area contributed by atoms with Crippen molar-refractivity contribution in [2.24, 2.45) is 0 Å². The lowest BCUT2D eigenvalue weighted by molar-refractivity contribution is -0.125. The molecule has 1 heterocycles. The van der Waals surface area contributed by atoms with Crippen LogP contribution < -0.4 is 5.32 Å². The SMILES string of the molecule is Cc1cccc(CSCCNC(=O)C2CN(S(=O)(=O)c3ccccc3)CCN2S(=O)(=O)c2ccccc2)c1. The summed E-state index contributed by atoms with van der Waals surface area (Å²) in [5.41, 5.74) is 2.37. The Bertz CT molecular complexity index is 1450. The van der Waals surface area contributed by atoms with Crippen molar-refractivity contribution in [3.63, 3.8) is 0 Å². The first-order valence-corrected chi connectivity index (χ1v) is 16.3. The summed E-state index contributed by atoms with van der Waals surface area (Å²) in [5, 5.41) is 2.83. The fourth-order valence-corrected chi connectivity index (χ4v) is 8.14. The van der Waals surface area contributed by atoms with E-state index in [0.29, 0.717) is 12.3 Å². The number of amides is 1. The topological polar surface area (TPSA) is 104 Å². The maximum atomic E-state index is 13.5. The molecule has 0 saturated carbocycles. The molecule has 1 N–H and O–H groups in total. The number of rotatable bonds is 10. The first-order valence-electron chi connectivity index (χ1n) is 12.2. The van der Waals surface area contributed by atoms with Crippen molar-refractivity contribution in [2.45, 2.75) is 28.5 Å². The largest absolute Gasteiger partial charge is 0.354 e. The van der Waals surface area contributed by atoms with Crippen LogP contribution in [0.15, 0.2) is 94.7 Å². The number of hydrogen-bond donors (Lipinski definition) is 1. The Labute approximate surface area is 229 Å². The number of carbonyl (C=O) groups is 1. The van der Waals surface area contributed by atoms with Gasteiger partial charge in [-0.05, 0) is 36.8 Å². The summed E-state index contributed by atoms with van der Waals surface area (Å²) < 4.78 is 55.8. The maximum absolute atomic E-state index is 13.5. The van der Waals surface area contributed by atoms with Gasteiger partial charge in [0.15, 0.2) is 0 Å². The Morgan fingerprint density at radius 1 is 0.868 bits per heavy atom. The molecule has 0 aliphatic carbocycles. The van der Waals surface area contributed by atoms with E-state index >= 15 is 0 Å². The number of nitrogens with zero attached hydrogens (tertiary/aromatic N) is 2. The molecule has 3 aromatic carbocycles. The fourth-order valence-electron chi connectivity index (χ4n) is 4.29. The third-order valence-corrected chi connectivity index (χ3v) is 11.1. The van der Waals surface area contributed by atoms with Crippen molar-refractivity contribution in [3.05, 3.63) is 96.1 Å². The third-order valence-electron chi connectivity index (χ3n) is 6.22. The standard InChI is InChI=1S/C27H31N3O5S3/c1-22-9-8-10-23(19-22)21-36-18-15-28-27(31)26-20-29(37(32,33)24-11-4-2-5-12-24)16-17-30(26)38(34,35)25-13-6-3-7-14-25/h2-14,19,26H,15-18,20-21H2,1H3,(H,28,31). The van der Waals surface area contributed by atoms with Crippen molar-refractivity contribution in [1.82, 2.24) is 13.9 Å². The molecule has 1 atom stereocenters. The highest BCUT2D eigenvalue weighted by atomic mass is 32.2. The van der Waals surface area contributed by atoms with E-state index in [0.717, 1.165) is 10.1 Å². The van der Waals surface area contributed by atoms with Crippen LogP contribution in [-0.4, -0.2) is 69.3 Å². The summed E-state index contributed by atoms with van der Waals surface area (Å²) in [7, 11) is -7.92. The molecule has 1 unspecified atom stereocenters. The zero-order chi connectivity index (χ0) is 27.2. The molecular formula is C27H31N3O5S3. The van der Waals surface area contributed by atoms with Gasteiger partial charge in [0, 0.05) is 37.7 Å². The number of aryl methyl sites for hydroxylation is 1. The van der Waals surface area contributed by atoms with E-state index in [1.807, 2.05) is 19.1 Å². The number of sulfonamides is 2. The van der Waals surface area contributed by atoms with Crippen LogP contribution in [0.5, 0.6) is 0 Å². The minimum Gasteiger partial charge on any atom is -0.354 e. The Hall–Kier alpha value is -2.70. The van der Waals surface area contributed by atoms with Gasteiger partial charge >= 0.3 is 0 Å². The van der Waals surface area contributed by atoms with Gasteiger partial charge in [-0.1, -0.05) is 66.2 Å². The highest BCUT2D eigenvalue weighted by Gasteiger charge is 2.43. The van der Waals surface area contributed by atoms with E-state index < -0.39 is 32.0 Å². The average molecular weight is 574 g/mol. The molecule has 11 heteroatoms. The van der Waals surface area contributed by atoms with E-state index in [4.69, 9.17) is 0 Å². The summed E-state index contributed by atoms with van der Waals surface area (Å²) in [5.74, 6) is 0.899. The van der Waals surface area contributed by atoms with Crippen LogP contribution >= 0.6 is 11.8 Å². The molecule has 202 valence electrons. The van der Waals surface area contributed by atoms with E-state index in [2.05, 4.69) is 17.4 Å². The second-order valence-electron chi connectivity index (χ2n) is 8.95. The molecule has 1 amide bonds. The van der Waals surface area contributed by atoms with Crippen molar-refractivity contribution in [2.75, 3.05) is 31.9 Å². The Balaban J connectivity index is 1.48. The highest BCUT2D eigenvalue weighted by Crippen LogP contribution is 2.25. The molecule has 38 heavy (non-hydrogen) atoms. The number of piperazine rings is 1. The lowest BCUT2D eigenvalue weighted by Crippen LogP contribution is -2.61. The monoisotopic (exact) mass is 573 g/mol. The molecule has 0 spiro atoms. The minimum atomic E-state index is -4.02. The highest BCUT2D eigenvalue weighted by molar-refractivity contribution is 7.98. The summed E-state index contributed by atoms with van der Waals surface area (Å²) >= 11 is 1.66. The van der Waals surface area contributed by atoms with Crippen LogP contribution in [0.2, 0.25) is 0 Å². The van der Waals surface area contributed by atoms with Crippen molar-refractivity contribution in [1.29, 1.82) is 0 Å². The summed E-state index contributed by atoms with van der Waals surface area (Å²) in [6.07, 6.45) is 0. The van der Waals surface area contributed by atoms with Crippen LogP contribution in [0.1, 0.15) is 11.1 Å². The van der Waals surface area contributed by atoms with E-state index in [1.54, 1.807) is 48.2 Å². The zero-order valence-electron chi connectivity index (χ0n) is 21.1. The minimum absolute atomic E-state index is 0.0561. The van der Waals surface area contributed by atoms with E-state index in [1.165, 1.54) is 39.7 Å². The van der Waals surface area contributed by atoms with Crippen molar-refractivity contribution < 1.29 is 21.6 Å². The first kappa shape index (κ1) is 28.3. The molecule has 0 radical (unpaired) electrons. The predicted octanol–water partition coefficient (Wildman–Crippen LogP) is 3.11. The normalized spacial score (nSPS) is 17.2. The Morgan fingerprint density at radius 2 is 1.50 bits per heavy atom. The number of hydrogen-bond acceptors (Lipinski definition) is 6. The Kier molecular flexibility index (Phi) is 9.27. The fraction of sp³-hybridized carbons (Fsp3) is 0.296. The molecule has 4 rings (SSSR count). The van der Waals surface area contributed by atoms with Gasteiger partial charge in [0.1, 0.15) is 6.04 Å². The molecule has 0 aromatic heterocycles. The quantitative estimate of drug-likeness (QED) is 0.374.